The Kier molecular flexibility index (Phi) is 8.16. The molecule has 2 aromatic heterocycles. The van der Waals surface area contributed by atoms with Gasteiger partial charge in [-0.2, -0.15) is 0 Å². The highest BCUT2D eigenvalue weighted by molar-refractivity contribution is 5.89. The molecule has 0 saturated carbocycles. The molecule has 1 aliphatic rings. The van der Waals surface area contributed by atoms with Gasteiger partial charge < -0.3 is 28.8 Å². The predicted molar refractivity (Wildman–Crippen MR) is 147 cm³/mol. The third kappa shape index (κ3) is 5.93. The van der Waals surface area contributed by atoms with E-state index in [9.17, 15) is 4.79 Å². The Balaban J connectivity index is 1.30. The van der Waals surface area contributed by atoms with Crippen molar-refractivity contribution in [2.24, 2.45) is 0 Å². The van der Waals surface area contributed by atoms with Gasteiger partial charge in [0.2, 0.25) is 5.91 Å². The van der Waals surface area contributed by atoms with Gasteiger partial charge in [-0.15, -0.1) is 0 Å². The van der Waals surface area contributed by atoms with E-state index in [1.54, 1.807) is 43.6 Å². The summed E-state index contributed by atoms with van der Waals surface area (Å²) in [6.07, 6.45) is 4.35. The van der Waals surface area contributed by atoms with Crippen LogP contribution in [-0.4, -0.2) is 60.8 Å². The number of aryl methyl sites for hydroxylation is 2. The van der Waals surface area contributed by atoms with E-state index in [2.05, 4.69) is 9.97 Å². The van der Waals surface area contributed by atoms with E-state index in [1.165, 1.54) is 0 Å². The molecular weight excluding hydrogens is 501 g/mol. The number of rotatable bonds is 8. The lowest BCUT2D eigenvalue weighted by atomic mass is 10.1. The minimum absolute atomic E-state index is 0.142. The molecule has 3 heterocycles. The summed E-state index contributed by atoms with van der Waals surface area (Å²) < 4.78 is 38.4. The lowest BCUT2D eigenvalue weighted by Crippen LogP contribution is -2.35. The van der Waals surface area contributed by atoms with Crippen molar-refractivity contribution in [1.82, 2.24) is 14.9 Å². The molecule has 0 spiro atoms. The Bertz CT molecular complexity index is 1480. The molecule has 1 N–H and O–H groups in total. The summed E-state index contributed by atoms with van der Waals surface area (Å²) in [6, 6.07) is 8.73. The molecule has 39 heavy (non-hydrogen) atoms. The van der Waals surface area contributed by atoms with Gasteiger partial charge in [-0.25, -0.2) is 4.39 Å². The monoisotopic (exact) mass is 535 g/mol. The number of ether oxygens (including phenoxy) is 4. The number of aromatic amines is 1. The van der Waals surface area contributed by atoms with Crippen molar-refractivity contribution >= 4 is 27.7 Å². The number of amides is 1. The minimum Gasteiger partial charge on any atom is -0.493 e. The van der Waals surface area contributed by atoms with Crippen LogP contribution < -0.4 is 14.2 Å². The number of carbonyl (C=O) groups excluding carboxylic acids is 1. The summed E-state index contributed by atoms with van der Waals surface area (Å²) in [5.74, 6) is 1.35. The van der Waals surface area contributed by atoms with E-state index in [0.29, 0.717) is 66.2 Å². The van der Waals surface area contributed by atoms with Gasteiger partial charge in [-0.05, 0) is 62.9 Å². The highest BCUT2D eigenvalue weighted by Crippen LogP contribution is 2.39. The Morgan fingerprint density at radius 2 is 1.85 bits per heavy atom. The molecule has 1 aliphatic heterocycles. The minimum atomic E-state index is -0.421. The third-order valence-corrected chi connectivity index (χ3v) is 6.93. The summed E-state index contributed by atoms with van der Waals surface area (Å²) in [5.41, 5.74) is 3.16. The first-order chi connectivity index (χ1) is 18.9. The molecular formula is C30H34FN3O5. The lowest BCUT2D eigenvalue weighted by Gasteiger charge is -2.25. The molecule has 0 atom stereocenters. The molecule has 0 radical (unpaired) electrons. The first kappa shape index (κ1) is 26.7. The zero-order valence-electron chi connectivity index (χ0n) is 22.6. The maximum atomic E-state index is 15.3. The summed E-state index contributed by atoms with van der Waals surface area (Å²) in [5, 5.41) is 1.16. The zero-order chi connectivity index (χ0) is 27.4. The molecule has 1 saturated heterocycles. The molecule has 206 valence electrons. The molecule has 0 aliphatic carbocycles. The van der Waals surface area contributed by atoms with Crippen LogP contribution in [0, 0.1) is 19.7 Å². The van der Waals surface area contributed by atoms with Gasteiger partial charge in [0.05, 0.1) is 24.8 Å². The van der Waals surface area contributed by atoms with Crippen LogP contribution in [0.5, 0.6) is 23.0 Å². The van der Waals surface area contributed by atoms with Crippen LogP contribution in [0.3, 0.4) is 0 Å². The van der Waals surface area contributed by atoms with Crippen molar-refractivity contribution in [2.45, 2.75) is 39.5 Å². The van der Waals surface area contributed by atoms with Crippen molar-refractivity contribution < 1.29 is 28.1 Å². The van der Waals surface area contributed by atoms with Gasteiger partial charge >= 0.3 is 0 Å². The fraction of sp³-hybridized carbons (Fsp3) is 0.400. The van der Waals surface area contributed by atoms with Gasteiger partial charge in [0.15, 0.2) is 23.1 Å². The van der Waals surface area contributed by atoms with Crippen molar-refractivity contribution in [3.63, 3.8) is 0 Å². The smallest absolute Gasteiger partial charge is 0.222 e. The molecule has 1 amide bonds. The van der Waals surface area contributed by atoms with Crippen LogP contribution in [0.25, 0.3) is 21.8 Å². The van der Waals surface area contributed by atoms with Crippen molar-refractivity contribution in [3.05, 3.63) is 53.6 Å². The first-order valence-corrected chi connectivity index (χ1v) is 13.4. The average Bonchev–Trinajstić information content (AvgIpc) is 3.31. The van der Waals surface area contributed by atoms with Gasteiger partial charge in [-0.1, -0.05) is 0 Å². The average molecular weight is 536 g/mol. The fourth-order valence-electron chi connectivity index (χ4n) is 4.96. The number of nitrogens with one attached hydrogen (secondary N) is 1. The number of nitrogens with zero attached hydrogens (tertiary/aromatic N) is 2. The number of hydrogen-bond acceptors (Lipinski definition) is 6. The number of aromatic nitrogens is 2. The van der Waals surface area contributed by atoms with Crippen LogP contribution in [0.2, 0.25) is 0 Å². The largest absolute Gasteiger partial charge is 0.493 e. The summed E-state index contributed by atoms with van der Waals surface area (Å²) >= 11 is 0. The van der Waals surface area contributed by atoms with Crippen molar-refractivity contribution in [3.8, 4) is 23.0 Å². The van der Waals surface area contributed by atoms with Crippen molar-refractivity contribution in [2.75, 3.05) is 40.0 Å². The van der Waals surface area contributed by atoms with Gasteiger partial charge in [0.25, 0.3) is 0 Å². The SMILES string of the molecule is COc1cc2c(Oc3cc(C)c4[nH]c(C)cc4c3F)ccnc2cc1OCCCC(=O)N1CCCOCCC1. The molecule has 0 unspecified atom stereocenters. The van der Waals surface area contributed by atoms with Gasteiger partial charge in [0.1, 0.15) is 5.75 Å². The number of hydrogen-bond donors (Lipinski definition) is 1. The van der Waals surface area contributed by atoms with E-state index in [1.807, 2.05) is 18.7 Å². The quantitative estimate of drug-likeness (QED) is 0.276. The number of halogens is 1. The number of methoxy groups -OCH3 is 1. The second-order valence-electron chi connectivity index (χ2n) is 9.83. The molecule has 5 rings (SSSR count). The van der Waals surface area contributed by atoms with E-state index in [4.69, 9.17) is 18.9 Å². The van der Waals surface area contributed by atoms with Crippen LogP contribution in [0.1, 0.15) is 36.9 Å². The molecule has 4 aromatic rings. The Morgan fingerprint density at radius 3 is 2.62 bits per heavy atom. The number of benzene rings is 2. The molecule has 8 nitrogen and oxygen atoms in total. The number of H-pyrrole nitrogens is 1. The third-order valence-electron chi connectivity index (χ3n) is 6.93. The fourth-order valence-corrected chi connectivity index (χ4v) is 4.96. The van der Waals surface area contributed by atoms with Crippen LogP contribution in [-0.2, 0) is 9.53 Å². The van der Waals surface area contributed by atoms with Crippen LogP contribution in [0.15, 0.2) is 36.5 Å². The second-order valence-corrected chi connectivity index (χ2v) is 9.83. The topological polar surface area (TPSA) is 85.9 Å². The van der Waals surface area contributed by atoms with E-state index in [-0.39, 0.29) is 11.7 Å². The van der Waals surface area contributed by atoms with E-state index in [0.717, 1.165) is 42.7 Å². The normalized spacial score (nSPS) is 14.3. The summed E-state index contributed by atoms with van der Waals surface area (Å²) in [4.78, 5) is 22.2. The molecule has 2 aromatic carbocycles. The van der Waals surface area contributed by atoms with Crippen LogP contribution in [0.4, 0.5) is 4.39 Å². The predicted octanol–water partition coefficient (Wildman–Crippen LogP) is 6.07. The number of pyridine rings is 1. The standard InChI is InChI=1S/C30H34FN3O5/c1-19-15-27(29(31)22-16-20(2)33-30(19)22)39-24-8-9-32-23-18-26(25(36-3)17-21(23)24)38-14-4-7-28(35)34-10-5-12-37-13-6-11-34/h8-9,15-18,33H,4-7,10-14H2,1-3H3. The molecule has 0 bridgehead atoms. The number of carbonyl (C=O) groups is 1. The van der Waals surface area contributed by atoms with E-state index < -0.39 is 5.82 Å². The van der Waals surface area contributed by atoms with Crippen LogP contribution >= 0.6 is 0 Å². The lowest BCUT2D eigenvalue weighted by molar-refractivity contribution is -0.132. The van der Waals surface area contributed by atoms with Gasteiger partial charge in [-0.3, -0.25) is 9.78 Å². The van der Waals surface area contributed by atoms with E-state index >= 15 is 4.39 Å². The number of fused-ring (bicyclic) bond motifs is 2. The summed E-state index contributed by atoms with van der Waals surface area (Å²) in [6.45, 7) is 7.04. The molecule has 1 fully saturated rings. The Hall–Kier alpha value is -3.85. The Morgan fingerprint density at radius 1 is 1.05 bits per heavy atom. The maximum absolute atomic E-state index is 15.3. The Labute approximate surface area is 227 Å². The zero-order valence-corrected chi connectivity index (χ0v) is 22.6. The highest BCUT2D eigenvalue weighted by Gasteiger charge is 2.18. The molecule has 9 heteroatoms. The maximum Gasteiger partial charge on any atom is 0.222 e. The summed E-state index contributed by atoms with van der Waals surface area (Å²) in [7, 11) is 1.56. The second kappa shape index (κ2) is 11.9. The first-order valence-electron chi connectivity index (χ1n) is 13.4. The van der Waals surface area contributed by atoms with Gasteiger partial charge in [0, 0.05) is 61.5 Å². The highest BCUT2D eigenvalue weighted by atomic mass is 19.1. The van der Waals surface area contributed by atoms with Crippen molar-refractivity contribution in [1.29, 1.82) is 0 Å².